The van der Waals surface area contributed by atoms with Crippen LogP contribution in [0.25, 0.3) is 0 Å². The van der Waals surface area contributed by atoms with E-state index in [4.69, 9.17) is 5.73 Å². The first-order valence-corrected chi connectivity index (χ1v) is 8.97. The summed E-state index contributed by atoms with van der Waals surface area (Å²) in [5, 5.41) is 3.52. The van der Waals surface area contributed by atoms with Gasteiger partial charge in [-0.25, -0.2) is 4.98 Å². The van der Waals surface area contributed by atoms with Gasteiger partial charge in [-0.05, 0) is 37.4 Å². The SMILES string of the molecule is NC(=O)C1CCN(c2ncccc2CNCCc2ccccc2)CC1. The Balaban J connectivity index is 1.53. The number of aromatic nitrogens is 1. The molecule has 1 aliphatic rings. The Kier molecular flexibility index (Phi) is 6.01. The summed E-state index contributed by atoms with van der Waals surface area (Å²) in [5.74, 6) is 0.855. The summed E-state index contributed by atoms with van der Waals surface area (Å²) < 4.78 is 0. The Morgan fingerprint density at radius 1 is 1.16 bits per heavy atom. The standard InChI is InChI=1S/C20H26N4O/c21-19(25)17-9-13-24(14-10-17)20-18(7-4-11-23-20)15-22-12-8-16-5-2-1-3-6-16/h1-7,11,17,22H,8-10,12-15H2,(H2,21,25). The molecule has 3 rings (SSSR count). The van der Waals surface area contributed by atoms with Gasteiger partial charge in [0.1, 0.15) is 5.82 Å². The highest BCUT2D eigenvalue weighted by molar-refractivity contribution is 5.77. The van der Waals surface area contributed by atoms with Crippen molar-refractivity contribution in [1.82, 2.24) is 10.3 Å². The van der Waals surface area contributed by atoms with E-state index in [-0.39, 0.29) is 11.8 Å². The molecule has 1 saturated heterocycles. The van der Waals surface area contributed by atoms with Crippen molar-refractivity contribution >= 4 is 11.7 Å². The number of amides is 1. The van der Waals surface area contributed by atoms with Crippen molar-refractivity contribution in [2.75, 3.05) is 24.5 Å². The van der Waals surface area contributed by atoms with Crippen molar-refractivity contribution in [3.05, 3.63) is 59.8 Å². The molecule has 0 unspecified atom stereocenters. The van der Waals surface area contributed by atoms with E-state index in [0.29, 0.717) is 0 Å². The van der Waals surface area contributed by atoms with E-state index in [9.17, 15) is 4.79 Å². The molecule has 1 fully saturated rings. The van der Waals surface area contributed by atoms with E-state index in [1.165, 1.54) is 11.1 Å². The lowest BCUT2D eigenvalue weighted by molar-refractivity contribution is -0.122. The van der Waals surface area contributed by atoms with E-state index in [1.54, 1.807) is 0 Å². The van der Waals surface area contributed by atoms with Gasteiger partial charge in [-0.15, -0.1) is 0 Å². The van der Waals surface area contributed by atoms with Crippen LogP contribution < -0.4 is 16.0 Å². The number of hydrogen-bond acceptors (Lipinski definition) is 4. The van der Waals surface area contributed by atoms with Crippen molar-refractivity contribution < 1.29 is 4.79 Å². The number of pyridine rings is 1. The molecule has 0 radical (unpaired) electrons. The number of nitrogens with one attached hydrogen (secondary N) is 1. The van der Waals surface area contributed by atoms with Crippen LogP contribution in [0.4, 0.5) is 5.82 Å². The number of carbonyl (C=O) groups excluding carboxylic acids is 1. The molecule has 0 aliphatic carbocycles. The molecular formula is C20H26N4O. The predicted molar refractivity (Wildman–Crippen MR) is 100 cm³/mol. The Bertz CT molecular complexity index is 681. The first kappa shape index (κ1) is 17.4. The highest BCUT2D eigenvalue weighted by Gasteiger charge is 2.24. The number of carbonyl (C=O) groups is 1. The number of rotatable bonds is 7. The van der Waals surface area contributed by atoms with Gasteiger partial charge in [0.25, 0.3) is 0 Å². The minimum atomic E-state index is -0.177. The zero-order chi connectivity index (χ0) is 17.5. The second kappa shape index (κ2) is 8.62. The monoisotopic (exact) mass is 338 g/mol. The van der Waals surface area contributed by atoms with Crippen LogP contribution in [0.5, 0.6) is 0 Å². The number of hydrogen-bond donors (Lipinski definition) is 2. The maximum absolute atomic E-state index is 11.3. The molecule has 1 aromatic heterocycles. The highest BCUT2D eigenvalue weighted by Crippen LogP contribution is 2.24. The number of benzene rings is 1. The third-order valence-corrected chi connectivity index (χ3v) is 4.81. The number of anilines is 1. The van der Waals surface area contributed by atoms with E-state index in [0.717, 1.165) is 51.3 Å². The van der Waals surface area contributed by atoms with Crippen LogP contribution >= 0.6 is 0 Å². The van der Waals surface area contributed by atoms with Gasteiger partial charge in [0.15, 0.2) is 0 Å². The van der Waals surface area contributed by atoms with E-state index < -0.39 is 0 Å². The summed E-state index contributed by atoms with van der Waals surface area (Å²) in [6.07, 6.45) is 4.48. The Morgan fingerprint density at radius 3 is 2.64 bits per heavy atom. The maximum atomic E-state index is 11.3. The molecule has 2 heterocycles. The third kappa shape index (κ3) is 4.79. The molecular weight excluding hydrogens is 312 g/mol. The van der Waals surface area contributed by atoms with Crippen LogP contribution in [-0.2, 0) is 17.8 Å². The van der Waals surface area contributed by atoms with Crippen molar-refractivity contribution in [2.45, 2.75) is 25.8 Å². The molecule has 3 N–H and O–H groups in total. The molecule has 0 atom stereocenters. The fourth-order valence-electron chi connectivity index (χ4n) is 3.33. The number of nitrogens with zero attached hydrogens (tertiary/aromatic N) is 2. The van der Waals surface area contributed by atoms with Gasteiger partial charge in [-0.2, -0.15) is 0 Å². The van der Waals surface area contributed by atoms with Crippen molar-refractivity contribution in [3.8, 4) is 0 Å². The first-order valence-electron chi connectivity index (χ1n) is 8.97. The molecule has 5 nitrogen and oxygen atoms in total. The zero-order valence-electron chi connectivity index (χ0n) is 14.5. The summed E-state index contributed by atoms with van der Waals surface area (Å²) in [7, 11) is 0. The Hall–Kier alpha value is -2.40. The smallest absolute Gasteiger partial charge is 0.220 e. The molecule has 132 valence electrons. The molecule has 2 aromatic rings. The molecule has 1 amide bonds. The van der Waals surface area contributed by atoms with Crippen LogP contribution in [-0.4, -0.2) is 30.5 Å². The number of piperidine rings is 1. The van der Waals surface area contributed by atoms with Crippen molar-refractivity contribution in [1.29, 1.82) is 0 Å². The van der Waals surface area contributed by atoms with Crippen LogP contribution in [0.3, 0.4) is 0 Å². The summed E-state index contributed by atoms with van der Waals surface area (Å²) in [6.45, 7) is 3.40. The highest BCUT2D eigenvalue weighted by atomic mass is 16.1. The average molecular weight is 338 g/mol. The number of nitrogens with two attached hydrogens (primary N) is 1. The topological polar surface area (TPSA) is 71.2 Å². The predicted octanol–water partition coefficient (Wildman–Crippen LogP) is 2.12. The summed E-state index contributed by atoms with van der Waals surface area (Å²) in [6, 6.07) is 14.6. The molecule has 1 aliphatic heterocycles. The van der Waals surface area contributed by atoms with Gasteiger partial charge in [0.05, 0.1) is 0 Å². The van der Waals surface area contributed by atoms with Gasteiger partial charge in [-0.1, -0.05) is 36.4 Å². The van der Waals surface area contributed by atoms with Crippen LogP contribution in [0, 0.1) is 5.92 Å². The largest absolute Gasteiger partial charge is 0.369 e. The van der Waals surface area contributed by atoms with Crippen LogP contribution in [0.15, 0.2) is 48.7 Å². The second-order valence-electron chi connectivity index (χ2n) is 6.56. The van der Waals surface area contributed by atoms with Gasteiger partial charge in [0, 0.05) is 37.3 Å². The van der Waals surface area contributed by atoms with Crippen molar-refractivity contribution in [2.24, 2.45) is 11.7 Å². The minimum Gasteiger partial charge on any atom is -0.369 e. The lowest BCUT2D eigenvalue weighted by atomic mass is 9.96. The zero-order valence-corrected chi connectivity index (χ0v) is 14.5. The maximum Gasteiger partial charge on any atom is 0.220 e. The minimum absolute atomic E-state index is 0.00686. The van der Waals surface area contributed by atoms with Gasteiger partial charge >= 0.3 is 0 Å². The molecule has 1 aromatic carbocycles. The quantitative estimate of drug-likeness (QED) is 0.759. The van der Waals surface area contributed by atoms with Gasteiger partial charge in [0.2, 0.25) is 5.91 Å². The summed E-state index contributed by atoms with van der Waals surface area (Å²) in [4.78, 5) is 18.2. The van der Waals surface area contributed by atoms with Crippen molar-refractivity contribution in [3.63, 3.8) is 0 Å². The summed E-state index contributed by atoms with van der Waals surface area (Å²) in [5.41, 5.74) is 7.97. The normalized spacial score (nSPS) is 15.3. The van der Waals surface area contributed by atoms with Gasteiger partial charge < -0.3 is 16.0 Å². The lowest BCUT2D eigenvalue weighted by Gasteiger charge is -2.32. The molecule has 0 spiro atoms. The third-order valence-electron chi connectivity index (χ3n) is 4.81. The van der Waals surface area contributed by atoms with E-state index in [1.807, 2.05) is 18.3 Å². The lowest BCUT2D eigenvalue weighted by Crippen LogP contribution is -2.39. The molecule has 0 saturated carbocycles. The van der Waals surface area contributed by atoms with E-state index >= 15 is 0 Å². The first-order chi connectivity index (χ1) is 12.2. The van der Waals surface area contributed by atoms with Crippen LogP contribution in [0.1, 0.15) is 24.0 Å². The Labute approximate surface area is 149 Å². The fourth-order valence-corrected chi connectivity index (χ4v) is 3.33. The summed E-state index contributed by atoms with van der Waals surface area (Å²) >= 11 is 0. The average Bonchev–Trinajstić information content (AvgIpc) is 2.66. The molecule has 25 heavy (non-hydrogen) atoms. The Morgan fingerprint density at radius 2 is 1.92 bits per heavy atom. The second-order valence-corrected chi connectivity index (χ2v) is 6.56. The fraction of sp³-hybridized carbons (Fsp3) is 0.400. The molecule has 0 bridgehead atoms. The van der Waals surface area contributed by atoms with E-state index in [2.05, 4.69) is 45.5 Å². The van der Waals surface area contributed by atoms with Gasteiger partial charge in [-0.3, -0.25) is 4.79 Å². The van der Waals surface area contributed by atoms with Crippen LogP contribution in [0.2, 0.25) is 0 Å². The number of primary amides is 1. The molecule has 5 heteroatoms.